The molecule has 1 aromatic rings. The summed E-state index contributed by atoms with van der Waals surface area (Å²) < 4.78 is 15.4. The predicted molar refractivity (Wildman–Crippen MR) is 70.7 cm³/mol. The Labute approximate surface area is 113 Å². The van der Waals surface area contributed by atoms with Crippen molar-refractivity contribution in [2.75, 3.05) is 27.4 Å². The number of carbonyl (C=O) groups excluding carboxylic acids is 1. The number of carbonyl (C=O) groups is 1. The molecule has 0 aliphatic carbocycles. The molecule has 0 aliphatic heterocycles. The summed E-state index contributed by atoms with van der Waals surface area (Å²) in [6, 6.07) is 3.30. The first-order valence-corrected chi connectivity index (χ1v) is 6.22. The van der Waals surface area contributed by atoms with E-state index in [-0.39, 0.29) is 18.1 Å². The van der Waals surface area contributed by atoms with Crippen molar-refractivity contribution in [3.63, 3.8) is 0 Å². The summed E-state index contributed by atoms with van der Waals surface area (Å²) in [6.07, 6.45) is 1.52. The van der Waals surface area contributed by atoms with E-state index in [1.807, 2.05) is 6.07 Å². The maximum absolute atomic E-state index is 11.8. The van der Waals surface area contributed by atoms with Crippen molar-refractivity contribution in [2.45, 2.75) is 25.6 Å². The minimum absolute atomic E-state index is 0.0645. The number of furan rings is 1. The van der Waals surface area contributed by atoms with Crippen molar-refractivity contribution in [2.24, 2.45) is 0 Å². The van der Waals surface area contributed by atoms with Crippen LogP contribution in [0.3, 0.4) is 0 Å². The highest BCUT2D eigenvalue weighted by Crippen LogP contribution is 1.99. The highest BCUT2D eigenvalue weighted by molar-refractivity contribution is 5.81. The molecule has 19 heavy (non-hydrogen) atoms. The van der Waals surface area contributed by atoms with Gasteiger partial charge < -0.3 is 24.5 Å². The van der Waals surface area contributed by atoms with Crippen LogP contribution in [-0.4, -0.2) is 45.4 Å². The van der Waals surface area contributed by atoms with E-state index in [1.54, 1.807) is 33.5 Å². The molecule has 0 radical (unpaired) electrons. The normalized spacial score (nSPS) is 14.1. The molecule has 0 bridgehead atoms. The van der Waals surface area contributed by atoms with Gasteiger partial charge in [0.15, 0.2) is 0 Å². The molecule has 6 heteroatoms. The van der Waals surface area contributed by atoms with E-state index >= 15 is 0 Å². The van der Waals surface area contributed by atoms with Gasteiger partial charge in [0.1, 0.15) is 5.76 Å². The van der Waals surface area contributed by atoms with Crippen LogP contribution in [-0.2, 0) is 20.8 Å². The second-order valence-corrected chi connectivity index (χ2v) is 4.24. The first kappa shape index (κ1) is 15.7. The van der Waals surface area contributed by atoms with Crippen LogP contribution >= 0.6 is 0 Å². The van der Waals surface area contributed by atoms with Crippen LogP contribution in [0.2, 0.25) is 0 Å². The molecule has 6 nitrogen and oxygen atoms in total. The third-order valence-electron chi connectivity index (χ3n) is 2.75. The van der Waals surface area contributed by atoms with E-state index in [4.69, 9.17) is 13.9 Å². The average molecular weight is 270 g/mol. The first-order chi connectivity index (χ1) is 9.17. The Kier molecular flexibility index (Phi) is 7.17. The van der Waals surface area contributed by atoms with Gasteiger partial charge >= 0.3 is 0 Å². The number of hydrogen-bond donors (Lipinski definition) is 2. The van der Waals surface area contributed by atoms with Crippen molar-refractivity contribution in [3.8, 4) is 0 Å². The zero-order valence-corrected chi connectivity index (χ0v) is 11.6. The largest absolute Gasteiger partial charge is 0.467 e. The van der Waals surface area contributed by atoms with Crippen molar-refractivity contribution in [1.82, 2.24) is 10.6 Å². The molecular formula is C13H22N2O4. The van der Waals surface area contributed by atoms with E-state index in [9.17, 15) is 4.79 Å². The van der Waals surface area contributed by atoms with Gasteiger partial charge in [-0.1, -0.05) is 0 Å². The first-order valence-electron chi connectivity index (χ1n) is 6.22. The predicted octanol–water partition coefficient (Wildman–Crippen LogP) is 0.535. The molecule has 0 spiro atoms. The number of rotatable bonds is 9. The Morgan fingerprint density at radius 3 is 2.84 bits per heavy atom. The molecule has 2 atom stereocenters. The molecule has 1 rings (SSSR count). The molecule has 1 heterocycles. The topological polar surface area (TPSA) is 72.7 Å². The lowest BCUT2D eigenvalue weighted by molar-refractivity contribution is -0.123. The maximum Gasteiger partial charge on any atom is 0.237 e. The van der Waals surface area contributed by atoms with Gasteiger partial charge in [0.25, 0.3) is 0 Å². The third-order valence-corrected chi connectivity index (χ3v) is 2.75. The van der Waals surface area contributed by atoms with Crippen molar-refractivity contribution >= 4 is 5.91 Å². The van der Waals surface area contributed by atoms with Gasteiger partial charge in [0, 0.05) is 20.8 Å². The molecular weight excluding hydrogens is 248 g/mol. The van der Waals surface area contributed by atoms with Crippen LogP contribution in [0.1, 0.15) is 12.7 Å². The summed E-state index contributed by atoms with van der Waals surface area (Å²) in [6.45, 7) is 3.24. The highest BCUT2D eigenvalue weighted by Gasteiger charge is 2.15. The van der Waals surface area contributed by atoms with Crippen LogP contribution in [0.15, 0.2) is 22.8 Å². The summed E-state index contributed by atoms with van der Waals surface area (Å²) in [5, 5.41) is 5.89. The third kappa shape index (κ3) is 5.87. The lowest BCUT2D eigenvalue weighted by Crippen LogP contribution is -2.45. The number of hydrogen-bond acceptors (Lipinski definition) is 5. The van der Waals surface area contributed by atoms with E-state index in [0.717, 1.165) is 5.76 Å². The SMILES string of the molecule is COCC(CNC(C)C(=O)NCc1ccco1)OC. The summed E-state index contributed by atoms with van der Waals surface area (Å²) >= 11 is 0. The van der Waals surface area contributed by atoms with Gasteiger partial charge in [0.2, 0.25) is 5.91 Å². The van der Waals surface area contributed by atoms with Crippen LogP contribution in [0, 0.1) is 0 Å². The summed E-state index contributed by atoms with van der Waals surface area (Å²) in [5.41, 5.74) is 0. The smallest absolute Gasteiger partial charge is 0.237 e. The fourth-order valence-electron chi connectivity index (χ4n) is 1.54. The second kappa shape index (κ2) is 8.68. The molecule has 2 unspecified atom stereocenters. The minimum atomic E-state index is -0.301. The van der Waals surface area contributed by atoms with Gasteiger partial charge in [-0.15, -0.1) is 0 Å². The Bertz CT molecular complexity index is 354. The molecule has 2 N–H and O–H groups in total. The Balaban J connectivity index is 2.24. The average Bonchev–Trinajstić information content (AvgIpc) is 2.93. The molecule has 0 aromatic carbocycles. The van der Waals surface area contributed by atoms with Gasteiger partial charge in [-0.2, -0.15) is 0 Å². The molecule has 0 fully saturated rings. The molecule has 1 aromatic heterocycles. The van der Waals surface area contributed by atoms with E-state index < -0.39 is 0 Å². The van der Waals surface area contributed by atoms with E-state index in [1.165, 1.54) is 0 Å². The van der Waals surface area contributed by atoms with Crippen LogP contribution < -0.4 is 10.6 Å². The van der Waals surface area contributed by atoms with Crippen LogP contribution in [0.4, 0.5) is 0 Å². The minimum Gasteiger partial charge on any atom is -0.467 e. The standard InChI is InChI=1S/C13H22N2O4/c1-10(14-8-12(18-3)9-17-2)13(16)15-7-11-5-4-6-19-11/h4-6,10,12,14H,7-9H2,1-3H3,(H,15,16). The van der Waals surface area contributed by atoms with Gasteiger partial charge in [-0.3, -0.25) is 4.79 Å². The van der Waals surface area contributed by atoms with Crippen molar-refractivity contribution in [3.05, 3.63) is 24.2 Å². The summed E-state index contributed by atoms with van der Waals surface area (Å²) in [4.78, 5) is 11.8. The number of methoxy groups -OCH3 is 2. The zero-order valence-electron chi connectivity index (χ0n) is 11.6. The second-order valence-electron chi connectivity index (χ2n) is 4.24. The Hall–Kier alpha value is -1.37. The number of amides is 1. The van der Waals surface area contributed by atoms with Gasteiger partial charge in [-0.05, 0) is 19.1 Å². The molecule has 108 valence electrons. The van der Waals surface area contributed by atoms with Crippen molar-refractivity contribution in [1.29, 1.82) is 0 Å². The molecule has 1 amide bonds. The maximum atomic E-state index is 11.8. The lowest BCUT2D eigenvalue weighted by Gasteiger charge is -2.18. The van der Waals surface area contributed by atoms with Crippen LogP contribution in [0.25, 0.3) is 0 Å². The number of ether oxygens (including phenoxy) is 2. The van der Waals surface area contributed by atoms with Gasteiger partial charge in [0.05, 0.1) is 31.6 Å². The van der Waals surface area contributed by atoms with Crippen LogP contribution in [0.5, 0.6) is 0 Å². The highest BCUT2D eigenvalue weighted by atomic mass is 16.5. The fourth-order valence-corrected chi connectivity index (χ4v) is 1.54. The van der Waals surface area contributed by atoms with E-state index in [0.29, 0.717) is 19.7 Å². The molecule has 0 saturated carbocycles. The monoisotopic (exact) mass is 270 g/mol. The Morgan fingerprint density at radius 1 is 1.47 bits per heavy atom. The summed E-state index contributed by atoms with van der Waals surface area (Å²) in [5.74, 6) is 0.651. The molecule has 0 saturated heterocycles. The number of nitrogens with one attached hydrogen (secondary N) is 2. The Morgan fingerprint density at radius 2 is 2.26 bits per heavy atom. The fraction of sp³-hybridized carbons (Fsp3) is 0.615. The summed E-state index contributed by atoms with van der Waals surface area (Å²) in [7, 11) is 3.23. The van der Waals surface area contributed by atoms with Crippen molar-refractivity contribution < 1.29 is 18.7 Å². The molecule has 0 aliphatic rings. The lowest BCUT2D eigenvalue weighted by atomic mass is 10.2. The van der Waals surface area contributed by atoms with Gasteiger partial charge in [-0.25, -0.2) is 0 Å². The van der Waals surface area contributed by atoms with E-state index in [2.05, 4.69) is 10.6 Å². The quantitative estimate of drug-likeness (QED) is 0.685. The zero-order chi connectivity index (χ0) is 14.1.